The van der Waals surface area contributed by atoms with Crippen LogP contribution in [0.2, 0.25) is 5.02 Å². The fourth-order valence-electron chi connectivity index (χ4n) is 5.56. The molecule has 1 aliphatic rings. The number of carbonyl (C=O) groups excluding carboxylic acids is 2. The quantitative estimate of drug-likeness (QED) is 0.158. The van der Waals surface area contributed by atoms with Gasteiger partial charge in [0.1, 0.15) is 17.2 Å². The highest BCUT2D eigenvalue weighted by Gasteiger charge is 2.35. The van der Waals surface area contributed by atoms with Gasteiger partial charge in [-0.05, 0) is 111 Å². The van der Waals surface area contributed by atoms with E-state index in [4.69, 9.17) is 16.3 Å². The van der Waals surface area contributed by atoms with Crippen molar-refractivity contribution >= 4 is 41.1 Å². The summed E-state index contributed by atoms with van der Waals surface area (Å²) in [5.74, 6) is -0.154. The highest BCUT2D eigenvalue weighted by Crippen LogP contribution is 2.29. The number of carbonyl (C=O) groups is 2. The Hall–Kier alpha value is -3.76. The normalized spacial score (nSPS) is 19.3. The Kier molecular flexibility index (Phi) is 16.6. The molecular weight excluding hydrogens is 655 g/mol. The summed E-state index contributed by atoms with van der Waals surface area (Å²) in [6, 6.07) is 4.43. The van der Waals surface area contributed by atoms with Crippen LogP contribution in [0.25, 0.3) is 5.57 Å². The van der Waals surface area contributed by atoms with Gasteiger partial charge in [0.2, 0.25) is 5.91 Å². The van der Waals surface area contributed by atoms with Crippen molar-refractivity contribution in [1.82, 2.24) is 20.4 Å². The first-order chi connectivity index (χ1) is 23.4. The summed E-state index contributed by atoms with van der Waals surface area (Å²) >= 11 is 6.29. The molecule has 0 aliphatic carbocycles. The molecule has 1 heterocycles. The summed E-state index contributed by atoms with van der Waals surface area (Å²) in [6.45, 7) is 23.1. The van der Waals surface area contributed by atoms with E-state index in [0.717, 1.165) is 23.3 Å². The molecule has 2 atom stereocenters. The van der Waals surface area contributed by atoms with Gasteiger partial charge < -0.3 is 20.3 Å². The van der Waals surface area contributed by atoms with Crippen LogP contribution in [0, 0.1) is 5.82 Å². The van der Waals surface area contributed by atoms with Crippen LogP contribution < -0.4 is 10.6 Å². The Balaban J connectivity index is 2.33. The van der Waals surface area contributed by atoms with Crippen molar-refractivity contribution < 1.29 is 18.7 Å². The Morgan fingerprint density at radius 1 is 1.04 bits per heavy atom. The second-order valence-corrected chi connectivity index (χ2v) is 14.2. The number of nitrogens with one attached hydrogen (secondary N) is 2. The third kappa shape index (κ3) is 12.8. The zero-order valence-electron chi connectivity index (χ0n) is 32.1. The van der Waals surface area contributed by atoms with Gasteiger partial charge in [0.05, 0.1) is 11.4 Å². The van der Waals surface area contributed by atoms with Crippen molar-refractivity contribution in [3.63, 3.8) is 0 Å². The van der Waals surface area contributed by atoms with Crippen molar-refractivity contribution in [2.75, 3.05) is 26.7 Å². The van der Waals surface area contributed by atoms with Crippen LogP contribution in [-0.2, 0) is 9.53 Å². The lowest BCUT2D eigenvalue weighted by Gasteiger charge is -2.44. The van der Waals surface area contributed by atoms with Crippen LogP contribution in [0.1, 0.15) is 101 Å². The van der Waals surface area contributed by atoms with Crippen molar-refractivity contribution in [3.05, 3.63) is 75.1 Å². The first-order valence-corrected chi connectivity index (χ1v) is 17.8. The highest BCUT2D eigenvalue weighted by atomic mass is 35.5. The lowest BCUT2D eigenvalue weighted by atomic mass is 9.96. The Morgan fingerprint density at radius 2 is 1.66 bits per heavy atom. The molecule has 1 aromatic carbocycles. The van der Waals surface area contributed by atoms with Crippen LogP contribution in [0.15, 0.2) is 68.7 Å². The molecule has 50 heavy (non-hydrogen) atoms. The number of nitrogens with zero attached hydrogens (tertiary/aromatic N) is 4. The average molecular weight is 713 g/mol. The second-order valence-electron chi connectivity index (χ2n) is 13.8. The summed E-state index contributed by atoms with van der Waals surface area (Å²) in [5.41, 5.74) is 4.69. The molecule has 0 bridgehead atoms. The first kappa shape index (κ1) is 42.4. The predicted molar refractivity (Wildman–Crippen MR) is 206 cm³/mol. The van der Waals surface area contributed by atoms with E-state index < -0.39 is 5.60 Å². The van der Waals surface area contributed by atoms with E-state index in [-0.39, 0.29) is 36.3 Å². The van der Waals surface area contributed by atoms with E-state index in [1.54, 1.807) is 31.2 Å². The summed E-state index contributed by atoms with van der Waals surface area (Å²) < 4.78 is 20.8. The fourth-order valence-corrected chi connectivity index (χ4v) is 5.73. The third-order valence-corrected chi connectivity index (χ3v) is 8.79. The first-order valence-electron chi connectivity index (χ1n) is 17.5. The van der Waals surface area contributed by atoms with Crippen molar-refractivity contribution in [2.24, 2.45) is 9.98 Å². The number of halogens is 2. The van der Waals surface area contributed by atoms with Crippen LogP contribution in [0.5, 0.6) is 0 Å². The maximum atomic E-state index is 15.1. The molecule has 1 fully saturated rings. The number of ether oxygens (including phenoxy) is 1. The minimum atomic E-state index is -0.567. The van der Waals surface area contributed by atoms with Crippen LogP contribution in [0.4, 0.5) is 9.18 Å². The number of hydrogen-bond donors (Lipinski definition) is 2. The van der Waals surface area contributed by atoms with E-state index in [1.165, 1.54) is 12.1 Å². The number of amides is 2. The van der Waals surface area contributed by atoms with Gasteiger partial charge in [-0.25, -0.2) is 14.2 Å². The monoisotopic (exact) mass is 712 g/mol. The molecule has 1 saturated heterocycles. The topological polar surface area (TPSA) is 98.6 Å². The van der Waals surface area contributed by atoms with Gasteiger partial charge in [-0.3, -0.25) is 14.7 Å². The Labute approximate surface area is 304 Å². The Morgan fingerprint density at radius 3 is 2.20 bits per heavy atom. The lowest BCUT2D eigenvalue weighted by Crippen LogP contribution is -2.59. The largest absolute Gasteiger partial charge is 0.444 e. The molecule has 0 aromatic heterocycles. The molecule has 1 aliphatic heterocycles. The predicted octanol–water partition coefficient (Wildman–Crippen LogP) is 8.68. The van der Waals surface area contributed by atoms with Gasteiger partial charge in [0.15, 0.2) is 0 Å². The van der Waals surface area contributed by atoms with E-state index in [1.807, 2.05) is 74.5 Å². The van der Waals surface area contributed by atoms with Crippen molar-refractivity contribution in [3.8, 4) is 0 Å². The standard InChI is InChI=1S/C39H58ClFN6O3/c1-13-25(4)31(32-20-30(40)16-17-33(32)41)21-35(29(8)42-12)44-34(26(5)14-2)22-36(43-15-3)45-37(48)18-19-46-23-27(6)47(28(7)24-46)38(49)50-39(9,10)11/h15-17,20-22,27-28,44H,13-14,18-19,23-24H2,1-12H3,(H,45,48)/b31-25-,34-26-,35-21+,36-22+,42-29?,43-15-/t27-,28+. The van der Waals surface area contributed by atoms with Crippen molar-refractivity contribution in [2.45, 2.75) is 113 Å². The van der Waals surface area contributed by atoms with Crippen LogP contribution in [-0.4, -0.2) is 78.1 Å². The van der Waals surface area contributed by atoms with Gasteiger partial charge in [-0.2, -0.15) is 0 Å². The van der Waals surface area contributed by atoms with E-state index >= 15 is 4.39 Å². The SMILES string of the molecule is C\C=N/C(=C\C(N/C(=C/C(=C(\C)CC)c1cc(Cl)ccc1F)C(C)=NC)=C(/C)CC)NC(=O)CCN1C[C@@H](C)N(C(=O)OC(C)(C)C)[C@@H](C)C1. The van der Waals surface area contributed by atoms with Crippen LogP contribution in [0.3, 0.4) is 0 Å². The molecule has 2 rings (SSSR count). The molecule has 0 saturated carbocycles. The molecule has 2 N–H and O–H groups in total. The molecule has 11 heteroatoms. The number of aliphatic imine (C=N–C) groups is 2. The van der Waals surface area contributed by atoms with Gasteiger partial charge in [0, 0.05) is 73.8 Å². The van der Waals surface area contributed by atoms with Crippen LogP contribution >= 0.6 is 11.6 Å². The zero-order chi connectivity index (χ0) is 37.8. The second kappa shape index (κ2) is 19.6. The van der Waals surface area contributed by atoms with E-state index in [2.05, 4.69) is 32.4 Å². The molecular formula is C39H58ClFN6O3. The van der Waals surface area contributed by atoms with Gasteiger partial charge in [-0.1, -0.05) is 31.0 Å². The molecule has 1 aromatic rings. The van der Waals surface area contributed by atoms with Gasteiger partial charge >= 0.3 is 6.09 Å². The van der Waals surface area contributed by atoms with Gasteiger partial charge in [0.25, 0.3) is 0 Å². The number of piperazine rings is 1. The fraction of sp³-hybridized carbons (Fsp3) is 0.538. The molecule has 9 nitrogen and oxygen atoms in total. The number of hydrogen-bond acceptors (Lipinski definition) is 7. The molecule has 0 unspecified atom stereocenters. The van der Waals surface area contributed by atoms with Crippen molar-refractivity contribution in [1.29, 1.82) is 0 Å². The Bertz CT molecular complexity index is 1540. The number of benzene rings is 1. The minimum Gasteiger partial charge on any atom is -0.444 e. The molecule has 276 valence electrons. The minimum absolute atomic E-state index is 0.0585. The maximum absolute atomic E-state index is 15.1. The van der Waals surface area contributed by atoms with Gasteiger partial charge in [-0.15, -0.1) is 0 Å². The lowest BCUT2D eigenvalue weighted by molar-refractivity contribution is -0.121. The highest BCUT2D eigenvalue weighted by molar-refractivity contribution is 6.30. The summed E-state index contributed by atoms with van der Waals surface area (Å²) in [6.07, 6.45) is 6.73. The summed E-state index contributed by atoms with van der Waals surface area (Å²) in [4.78, 5) is 39.0. The molecule has 0 radical (unpaired) electrons. The van der Waals surface area contributed by atoms with E-state index in [0.29, 0.717) is 59.4 Å². The zero-order valence-corrected chi connectivity index (χ0v) is 32.9. The molecule has 0 spiro atoms. The number of rotatable bonds is 13. The average Bonchev–Trinajstić information content (AvgIpc) is 3.04. The number of allylic oxidation sites excluding steroid dienone is 6. The smallest absolute Gasteiger partial charge is 0.410 e. The maximum Gasteiger partial charge on any atom is 0.410 e. The van der Waals surface area contributed by atoms with E-state index in [9.17, 15) is 9.59 Å². The summed E-state index contributed by atoms with van der Waals surface area (Å²) in [7, 11) is 1.71. The third-order valence-electron chi connectivity index (χ3n) is 8.55. The summed E-state index contributed by atoms with van der Waals surface area (Å²) in [5, 5.41) is 6.95. The molecule has 2 amide bonds.